The van der Waals surface area contributed by atoms with E-state index in [1.165, 1.54) is 6.42 Å². The number of piperidine rings is 1. The van der Waals surface area contributed by atoms with Crippen molar-refractivity contribution in [3.05, 3.63) is 59.2 Å². The summed E-state index contributed by atoms with van der Waals surface area (Å²) in [7, 11) is 0. The Morgan fingerprint density at radius 2 is 2.03 bits per heavy atom. The van der Waals surface area contributed by atoms with E-state index in [0.717, 1.165) is 60.3 Å². The van der Waals surface area contributed by atoms with Gasteiger partial charge in [-0.15, -0.1) is 5.10 Å². The zero-order chi connectivity index (χ0) is 20.9. The fourth-order valence-corrected chi connectivity index (χ4v) is 5.17. The first-order valence-electron chi connectivity index (χ1n) is 11.0. The highest BCUT2D eigenvalue weighted by molar-refractivity contribution is 5.94. The fraction of sp³-hybridized carbons (Fsp3) is 0.435. The van der Waals surface area contributed by atoms with Crippen molar-refractivity contribution in [1.82, 2.24) is 25.0 Å². The zero-order valence-electron chi connectivity index (χ0n) is 17.3. The van der Waals surface area contributed by atoms with Crippen molar-refractivity contribution >= 4 is 17.4 Å². The minimum absolute atomic E-state index is 0.0144. The first kappa shape index (κ1) is 18.5. The van der Waals surface area contributed by atoms with Crippen LogP contribution in [0.2, 0.25) is 0 Å². The monoisotopic (exact) mass is 415 g/mol. The number of Topliss-reactive ketones (excluding diaryl/α,β-unsaturated/α-hetero) is 1. The van der Waals surface area contributed by atoms with Gasteiger partial charge in [-0.25, -0.2) is 14.6 Å². The van der Waals surface area contributed by atoms with Gasteiger partial charge in [-0.1, -0.05) is 11.3 Å². The highest BCUT2D eigenvalue weighted by atomic mass is 16.1. The Bertz CT molecular complexity index is 1130. The molecule has 2 aliphatic carbocycles. The van der Waals surface area contributed by atoms with Gasteiger partial charge in [-0.2, -0.15) is 0 Å². The number of pyridine rings is 2. The van der Waals surface area contributed by atoms with Crippen molar-refractivity contribution in [1.29, 1.82) is 0 Å². The quantitative estimate of drug-likeness (QED) is 0.617. The highest BCUT2D eigenvalue weighted by Crippen LogP contribution is 2.45. The molecule has 3 aromatic rings. The summed E-state index contributed by atoms with van der Waals surface area (Å²) in [6.45, 7) is 2.83. The number of hydrogen-bond acceptors (Lipinski definition) is 7. The second kappa shape index (κ2) is 7.14. The van der Waals surface area contributed by atoms with E-state index in [9.17, 15) is 4.79 Å². The minimum atomic E-state index is 0.0144. The number of ketones is 1. The van der Waals surface area contributed by atoms with Crippen LogP contribution < -0.4 is 10.6 Å². The molecule has 0 amide bonds. The summed E-state index contributed by atoms with van der Waals surface area (Å²) in [5.74, 6) is 3.60. The van der Waals surface area contributed by atoms with E-state index >= 15 is 0 Å². The lowest BCUT2D eigenvalue weighted by Gasteiger charge is -2.18. The molecule has 3 aliphatic rings. The maximum Gasteiger partial charge on any atom is 0.185 e. The molecule has 158 valence electrons. The van der Waals surface area contributed by atoms with E-state index in [-0.39, 0.29) is 11.7 Å². The topological polar surface area (TPSA) is 103 Å². The minimum Gasteiger partial charge on any atom is -0.383 e. The molecule has 1 saturated carbocycles. The second-order valence-corrected chi connectivity index (χ2v) is 9.11. The number of nitrogen functional groups attached to an aromatic ring is 1. The first-order chi connectivity index (χ1) is 15.1. The van der Waals surface area contributed by atoms with Crippen molar-refractivity contribution in [3.63, 3.8) is 0 Å². The SMILES string of the molecule is Nc1nccc2c1CC[C@H]2CC(=O)c1cn(Cc2ccc(N3CC4CC4C3)nc2)nn1. The number of rotatable bonds is 6. The van der Waals surface area contributed by atoms with Crippen LogP contribution in [0.25, 0.3) is 0 Å². The summed E-state index contributed by atoms with van der Waals surface area (Å²) >= 11 is 0. The van der Waals surface area contributed by atoms with Crippen LogP contribution in [-0.4, -0.2) is 43.8 Å². The number of nitrogens with zero attached hydrogens (tertiary/aromatic N) is 6. The van der Waals surface area contributed by atoms with Crippen molar-refractivity contribution < 1.29 is 4.79 Å². The largest absolute Gasteiger partial charge is 0.383 e. The van der Waals surface area contributed by atoms with Crippen LogP contribution in [0, 0.1) is 11.8 Å². The molecule has 1 aliphatic heterocycles. The molecule has 1 saturated heterocycles. The van der Waals surface area contributed by atoms with Crippen LogP contribution in [0.3, 0.4) is 0 Å². The summed E-state index contributed by atoms with van der Waals surface area (Å²) in [5, 5.41) is 8.28. The third kappa shape index (κ3) is 3.45. The molecule has 0 radical (unpaired) electrons. The highest BCUT2D eigenvalue weighted by Gasteiger charge is 2.45. The normalized spacial score (nSPS) is 23.6. The van der Waals surface area contributed by atoms with Gasteiger partial charge in [-0.3, -0.25) is 4.79 Å². The lowest BCUT2D eigenvalue weighted by atomic mass is 9.95. The van der Waals surface area contributed by atoms with Crippen LogP contribution in [0.4, 0.5) is 11.6 Å². The van der Waals surface area contributed by atoms with Gasteiger partial charge in [-0.05, 0) is 65.8 Å². The van der Waals surface area contributed by atoms with Crippen LogP contribution in [0.1, 0.15) is 52.4 Å². The lowest BCUT2D eigenvalue weighted by Crippen LogP contribution is -2.22. The Kier molecular flexibility index (Phi) is 4.26. The van der Waals surface area contributed by atoms with Gasteiger partial charge < -0.3 is 10.6 Å². The number of hydrogen-bond donors (Lipinski definition) is 1. The molecule has 3 aromatic heterocycles. The molecule has 0 aromatic carbocycles. The number of aromatic nitrogens is 5. The molecule has 0 spiro atoms. The van der Waals surface area contributed by atoms with E-state index in [2.05, 4.69) is 37.3 Å². The van der Waals surface area contributed by atoms with E-state index in [0.29, 0.717) is 24.5 Å². The summed E-state index contributed by atoms with van der Waals surface area (Å²) in [6.07, 6.45) is 8.96. The summed E-state index contributed by atoms with van der Waals surface area (Å²) in [4.78, 5) is 24.0. The maximum absolute atomic E-state index is 12.8. The molecule has 8 nitrogen and oxygen atoms in total. The summed E-state index contributed by atoms with van der Waals surface area (Å²) in [6, 6.07) is 6.15. The number of carbonyl (C=O) groups is 1. The van der Waals surface area contributed by atoms with Crippen LogP contribution in [0.5, 0.6) is 0 Å². The predicted octanol–water partition coefficient (Wildman–Crippen LogP) is 2.46. The van der Waals surface area contributed by atoms with E-state index in [1.54, 1.807) is 17.1 Å². The zero-order valence-corrected chi connectivity index (χ0v) is 17.3. The van der Waals surface area contributed by atoms with Gasteiger partial charge >= 0.3 is 0 Å². The van der Waals surface area contributed by atoms with Gasteiger partial charge in [0.15, 0.2) is 5.78 Å². The van der Waals surface area contributed by atoms with E-state index in [1.807, 2.05) is 12.3 Å². The number of fused-ring (bicyclic) bond motifs is 2. The first-order valence-corrected chi connectivity index (χ1v) is 11.0. The Labute approximate surface area is 180 Å². The van der Waals surface area contributed by atoms with Crippen molar-refractivity contribution in [2.75, 3.05) is 23.7 Å². The van der Waals surface area contributed by atoms with Gasteiger partial charge in [0.25, 0.3) is 0 Å². The van der Waals surface area contributed by atoms with Crippen LogP contribution in [0.15, 0.2) is 36.8 Å². The Hall–Kier alpha value is -3.29. The molecule has 2 N–H and O–H groups in total. The molecule has 8 heteroatoms. The number of anilines is 2. The van der Waals surface area contributed by atoms with E-state index in [4.69, 9.17) is 5.73 Å². The van der Waals surface area contributed by atoms with Gasteiger partial charge in [0, 0.05) is 31.9 Å². The maximum atomic E-state index is 12.8. The number of carbonyl (C=O) groups excluding carboxylic acids is 1. The van der Waals surface area contributed by atoms with Crippen molar-refractivity contribution in [3.8, 4) is 0 Å². The fourth-order valence-electron chi connectivity index (χ4n) is 5.17. The molecule has 6 rings (SSSR count). The standard InChI is InChI=1S/C23H25N7O/c24-23-19-3-2-15(18(19)5-6-25-23)8-21(31)20-13-30(28-27-20)10-14-1-4-22(26-9-14)29-11-16-7-17(16)12-29/h1,4-6,9,13,15-17H,2-3,7-8,10-12H2,(H2,24,25)/t15-,16?,17?/m0/s1. The molecular formula is C23H25N7O. The van der Waals surface area contributed by atoms with Gasteiger partial charge in [0.2, 0.25) is 0 Å². The Morgan fingerprint density at radius 3 is 2.84 bits per heavy atom. The predicted molar refractivity (Wildman–Crippen MR) is 116 cm³/mol. The third-order valence-corrected chi connectivity index (χ3v) is 7.02. The van der Waals surface area contributed by atoms with Crippen LogP contribution >= 0.6 is 0 Å². The molecule has 2 fully saturated rings. The molecule has 4 heterocycles. The van der Waals surface area contributed by atoms with Crippen molar-refractivity contribution in [2.45, 2.75) is 38.1 Å². The van der Waals surface area contributed by atoms with Gasteiger partial charge in [0.1, 0.15) is 17.3 Å². The Morgan fingerprint density at radius 1 is 1.16 bits per heavy atom. The van der Waals surface area contributed by atoms with Crippen LogP contribution in [-0.2, 0) is 13.0 Å². The van der Waals surface area contributed by atoms with Crippen molar-refractivity contribution in [2.24, 2.45) is 11.8 Å². The Balaban J connectivity index is 1.09. The van der Waals surface area contributed by atoms with E-state index < -0.39 is 0 Å². The summed E-state index contributed by atoms with van der Waals surface area (Å²) in [5.41, 5.74) is 9.67. The third-order valence-electron chi connectivity index (χ3n) is 7.02. The smallest absolute Gasteiger partial charge is 0.185 e. The molecule has 3 atom stereocenters. The average Bonchev–Trinajstić information content (AvgIpc) is 3.16. The molecule has 31 heavy (non-hydrogen) atoms. The van der Waals surface area contributed by atoms with Gasteiger partial charge in [0.05, 0.1) is 12.7 Å². The molecule has 2 unspecified atom stereocenters. The number of nitrogens with two attached hydrogens (primary N) is 1. The second-order valence-electron chi connectivity index (χ2n) is 9.11. The molecular weight excluding hydrogens is 390 g/mol. The summed E-state index contributed by atoms with van der Waals surface area (Å²) < 4.78 is 1.71. The molecule has 0 bridgehead atoms. The average molecular weight is 416 g/mol. The lowest BCUT2D eigenvalue weighted by molar-refractivity contribution is 0.0968.